The Balaban J connectivity index is 0.00000364. The molecule has 0 bridgehead atoms. The molecule has 27 heavy (non-hydrogen) atoms. The maximum atomic E-state index is 11.9. The molecule has 1 aromatic rings. The number of esters is 1. The van der Waals surface area contributed by atoms with Gasteiger partial charge in [-0.3, -0.25) is 4.79 Å². The molecule has 1 aliphatic rings. The lowest BCUT2D eigenvalue weighted by Crippen LogP contribution is -2.46. The Bertz CT molecular complexity index is 631. The fraction of sp³-hybridized carbons (Fsp3) is 0.579. The number of hydrogen-bond donors (Lipinski definition) is 2. The number of halogens is 1. The number of nitrogens with zero attached hydrogens (tertiary/aromatic N) is 2. The number of aliphatic imine (C=N–C) groups is 1. The Morgan fingerprint density at radius 2 is 2.04 bits per heavy atom. The summed E-state index contributed by atoms with van der Waals surface area (Å²) in [4.78, 5) is 18.7. The highest BCUT2D eigenvalue weighted by Crippen LogP contribution is 2.24. The second-order valence-electron chi connectivity index (χ2n) is 6.18. The summed E-state index contributed by atoms with van der Waals surface area (Å²) in [6, 6.07) is 5.12. The van der Waals surface area contributed by atoms with Crippen LogP contribution in [0.15, 0.2) is 23.2 Å². The normalized spacial score (nSPS) is 15.1. The highest BCUT2D eigenvalue weighted by molar-refractivity contribution is 14.0. The molecule has 1 fully saturated rings. The number of likely N-dealkylation sites (tertiary alicyclic amines) is 1. The van der Waals surface area contributed by atoms with Gasteiger partial charge in [0, 0.05) is 25.2 Å². The van der Waals surface area contributed by atoms with Gasteiger partial charge in [0.15, 0.2) is 5.96 Å². The molecule has 2 rings (SSSR count). The van der Waals surface area contributed by atoms with Crippen molar-refractivity contribution in [3.8, 4) is 11.5 Å². The van der Waals surface area contributed by atoms with Crippen LogP contribution in [0.3, 0.4) is 0 Å². The number of guanidine groups is 1. The highest BCUT2D eigenvalue weighted by Gasteiger charge is 2.27. The van der Waals surface area contributed by atoms with E-state index in [9.17, 15) is 9.90 Å². The van der Waals surface area contributed by atoms with Crippen molar-refractivity contribution in [3.05, 3.63) is 23.8 Å². The molecule has 0 unspecified atom stereocenters. The Morgan fingerprint density at radius 3 is 2.63 bits per heavy atom. The van der Waals surface area contributed by atoms with E-state index in [1.165, 1.54) is 0 Å². The molecule has 0 aromatic heterocycles. The molecule has 2 N–H and O–H groups in total. The molecular formula is C19H30IN3O4. The maximum Gasteiger partial charge on any atom is 0.309 e. The van der Waals surface area contributed by atoms with E-state index in [2.05, 4.69) is 15.2 Å². The lowest BCUT2D eigenvalue weighted by molar-refractivity contribution is -0.149. The van der Waals surface area contributed by atoms with Crippen molar-refractivity contribution < 1.29 is 19.4 Å². The first-order valence-corrected chi connectivity index (χ1v) is 9.14. The molecule has 8 heteroatoms. The molecule has 1 aromatic carbocycles. The van der Waals surface area contributed by atoms with Gasteiger partial charge in [-0.2, -0.15) is 0 Å². The highest BCUT2D eigenvalue weighted by atomic mass is 127. The van der Waals surface area contributed by atoms with E-state index < -0.39 is 0 Å². The van der Waals surface area contributed by atoms with E-state index in [4.69, 9.17) is 9.47 Å². The summed E-state index contributed by atoms with van der Waals surface area (Å²) in [5.74, 6) is 1.54. The molecule has 0 aliphatic carbocycles. The summed E-state index contributed by atoms with van der Waals surface area (Å²) in [5.41, 5.74) is 0.709. The monoisotopic (exact) mass is 491 g/mol. The number of nitrogens with one attached hydrogen (secondary N) is 1. The Morgan fingerprint density at radius 1 is 1.33 bits per heavy atom. The number of methoxy groups -OCH3 is 1. The lowest BCUT2D eigenvalue weighted by Gasteiger charge is -2.33. The van der Waals surface area contributed by atoms with Crippen LogP contribution >= 0.6 is 24.0 Å². The fourth-order valence-electron chi connectivity index (χ4n) is 2.99. The standard InChI is InChI=1S/C19H29N3O4.HI/c1-4-20-19(21-13-15-12-16(25-3)6-7-17(15)23)22-10-8-14(9-11-22)18(24)26-5-2;/h6-7,12,14,23H,4-5,8-11,13H2,1-3H3,(H,20,21);1H. The largest absolute Gasteiger partial charge is 0.508 e. The third-order valence-corrected chi connectivity index (χ3v) is 4.44. The molecule has 0 radical (unpaired) electrons. The quantitative estimate of drug-likeness (QED) is 0.276. The molecular weight excluding hydrogens is 461 g/mol. The summed E-state index contributed by atoms with van der Waals surface area (Å²) >= 11 is 0. The van der Waals surface area contributed by atoms with E-state index in [-0.39, 0.29) is 41.6 Å². The van der Waals surface area contributed by atoms with Crippen LogP contribution in [-0.2, 0) is 16.1 Å². The van der Waals surface area contributed by atoms with Gasteiger partial charge in [-0.25, -0.2) is 4.99 Å². The number of hydrogen-bond acceptors (Lipinski definition) is 5. The average Bonchev–Trinajstić information content (AvgIpc) is 2.66. The van der Waals surface area contributed by atoms with Gasteiger partial charge in [-0.1, -0.05) is 0 Å². The van der Waals surface area contributed by atoms with Crippen molar-refractivity contribution in [1.29, 1.82) is 0 Å². The Kier molecular flexibility index (Phi) is 10.3. The van der Waals surface area contributed by atoms with Crippen LogP contribution < -0.4 is 10.1 Å². The van der Waals surface area contributed by atoms with E-state index in [1.807, 2.05) is 13.8 Å². The summed E-state index contributed by atoms with van der Waals surface area (Å²) in [5, 5.41) is 13.3. The zero-order valence-corrected chi connectivity index (χ0v) is 18.6. The van der Waals surface area contributed by atoms with Crippen LogP contribution in [0.2, 0.25) is 0 Å². The van der Waals surface area contributed by atoms with E-state index in [0.29, 0.717) is 24.5 Å². The van der Waals surface area contributed by atoms with Gasteiger partial charge in [0.1, 0.15) is 11.5 Å². The van der Waals surface area contributed by atoms with Gasteiger partial charge in [0.25, 0.3) is 0 Å². The SMILES string of the molecule is CCNC(=NCc1cc(OC)ccc1O)N1CCC(C(=O)OCC)CC1.I. The Hall–Kier alpha value is -1.71. The summed E-state index contributed by atoms with van der Waals surface area (Å²) in [6.45, 7) is 6.87. The Labute approximate surface area is 178 Å². The van der Waals surface area contributed by atoms with Gasteiger partial charge in [-0.05, 0) is 44.9 Å². The van der Waals surface area contributed by atoms with Crippen LogP contribution in [0.4, 0.5) is 0 Å². The molecule has 0 amide bonds. The number of piperidine rings is 1. The lowest BCUT2D eigenvalue weighted by atomic mass is 9.97. The molecule has 7 nitrogen and oxygen atoms in total. The van der Waals surface area contributed by atoms with Crippen LogP contribution in [0.25, 0.3) is 0 Å². The van der Waals surface area contributed by atoms with Crippen LogP contribution in [-0.4, -0.2) is 55.3 Å². The minimum atomic E-state index is -0.101. The zero-order valence-electron chi connectivity index (χ0n) is 16.2. The molecule has 0 saturated carbocycles. The number of carbonyl (C=O) groups excluding carboxylic acids is 1. The molecule has 1 aliphatic heterocycles. The second kappa shape index (κ2) is 11.9. The van der Waals surface area contributed by atoms with E-state index >= 15 is 0 Å². The van der Waals surface area contributed by atoms with Gasteiger partial charge < -0.3 is 24.8 Å². The first-order valence-electron chi connectivity index (χ1n) is 9.14. The summed E-state index contributed by atoms with van der Waals surface area (Å²) < 4.78 is 10.3. The maximum absolute atomic E-state index is 11.9. The number of ether oxygens (including phenoxy) is 2. The van der Waals surface area contributed by atoms with Crippen LogP contribution in [0, 0.1) is 5.92 Å². The first kappa shape index (κ1) is 23.3. The number of phenolic OH excluding ortho intramolecular Hbond substituents is 1. The molecule has 0 spiro atoms. The number of carbonyl (C=O) groups is 1. The summed E-state index contributed by atoms with van der Waals surface area (Å²) in [6.07, 6.45) is 1.52. The predicted octanol–water partition coefficient (Wildman–Crippen LogP) is 2.76. The van der Waals surface area contributed by atoms with Crippen LogP contribution in [0.5, 0.6) is 11.5 Å². The van der Waals surface area contributed by atoms with E-state index in [1.54, 1.807) is 25.3 Å². The third kappa shape index (κ3) is 6.75. The van der Waals surface area contributed by atoms with Gasteiger partial charge in [-0.15, -0.1) is 24.0 Å². The molecule has 0 atom stereocenters. The molecule has 1 saturated heterocycles. The van der Waals surface area contributed by atoms with Crippen molar-refractivity contribution in [1.82, 2.24) is 10.2 Å². The number of phenols is 1. The van der Waals surface area contributed by atoms with Crippen molar-refractivity contribution in [3.63, 3.8) is 0 Å². The van der Waals surface area contributed by atoms with Crippen LogP contribution in [0.1, 0.15) is 32.3 Å². The summed E-state index contributed by atoms with van der Waals surface area (Å²) in [7, 11) is 1.59. The van der Waals surface area contributed by atoms with Crippen molar-refractivity contribution in [2.45, 2.75) is 33.2 Å². The van der Waals surface area contributed by atoms with Crippen molar-refractivity contribution in [2.24, 2.45) is 10.9 Å². The van der Waals surface area contributed by atoms with Gasteiger partial charge in [0.05, 0.1) is 26.2 Å². The van der Waals surface area contributed by atoms with E-state index in [0.717, 1.165) is 38.4 Å². The zero-order chi connectivity index (χ0) is 18.9. The average molecular weight is 491 g/mol. The smallest absolute Gasteiger partial charge is 0.309 e. The number of rotatable bonds is 6. The fourth-order valence-corrected chi connectivity index (χ4v) is 2.99. The van der Waals surface area contributed by atoms with Crippen molar-refractivity contribution >= 4 is 35.9 Å². The van der Waals surface area contributed by atoms with Gasteiger partial charge in [0.2, 0.25) is 0 Å². The number of aromatic hydroxyl groups is 1. The number of benzene rings is 1. The molecule has 1 heterocycles. The topological polar surface area (TPSA) is 83.4 Å². The van der Waals surface area contributed by atoms with Gasteiger partial charge >= 0.3 is 5.97 Å². The second-order valence-corrected chi connectivity index (χ2v) is 6.18. The van der Waals surface area contributed by atoms with Crippen molar-refractivity contribution in [2.75, 3.05) is 33.4 Å². The third-order valence-electron chi connectivity index (χ3n) is 4.44. The predicted molar refractivity (Wildman–Crippen MR) is 116 cm³/mol. The minimum Gasteiger partial charge on any atom is -0.508 e. The first-order chi connectivity index (χ1) is 12.6. The minimum absolute atomic E-state index is 0. The molecule has 152 valence electrons.